The molecule has 8 heteroatoms. The first-order valence-electron chi connectivity index (χ1n) is 12.3. The topological polar surface area (TPSA) is 60.0 Å². The van der Waals surface area contributed by atoms with Gasteiger partial charge < -0.3 is 15.5 Å². The summed E-state index contributed by atoms with van der Waals surface area (Å²) >= 11 is 1.86. The largest absolute Gasteiger partial charge is 0.357 e. The predicted molar refractivity (Wildman–Crippen MR) is 144 cm³/mol. The van der Waals surface area contributed by atoms with Crippen LogP contribution in [0, 0.1) is 11.8 Å². The molecule has 1 aromatic rings. The number of guanidine groups is 1. The fourth-order valence-corrected chi connectivity index (χ4v) is 5.94. The van der Waals surface area contributed by atoms with Gasteiger partial charge in [0, 0.05) is 49.6 Å². The van der Waals surface area contributed by atoms with E-state index in [1.807, 2.05) is 11.3 Å². The Morgan fingerprint density at radius 2 is 1.94 bits per heavy atom. The molecule has 3 fully saturated rings. The van der Waals surface area contributed by atoms with Crippen molar-refractivity contribution in [2.45, 2.75) is 64.5 Å². The van der Waals surface area contributed by atoms with Crippen LogP contribution >= 0.6 is 35.3 Å². The number of hydrogen-bond acceptors (Lipinski definition) is 4. The number of halogens is 1. The molecule has 180 valence electrons. The summed E-state index contributed by atoms with van der Waals surface area (Å²) in [5.74, 6) is 2.26. The first-order chi connectivity index (χ1) is 15.2. The molecule has 6 nitrogen and oxygen atoms in total. The van der Waals surface area contributed by atoms with Crippen LogP contribution in [0.1, 0.15) is 56.7 Å². The van der Waals surface area contributed by atoms with Gasteiger partial charge in [-0.05, 0) is 69.5 Å². The minimum absolute atomic E-state index is 0. The van der Waals surface area contributed by atoms with Crippen LogP contribution in [0.15, 0.2) is 22.5 Å². The Bertz CT molecular complexity index is 714. The summed E-state index contributed by atoms with van der Waals surface area (Å²) in [4.78, 5) is 23.8. The third kappa shape index (κ3) is 7.32. The van der Waals surface area contributed by atoms with Crippen molar-refractivity contribution in [3.63, 3.8) is 0 Å². The molecule has 3 heterocycles. The Kier molecular flexibility index (Phi) is 10.6. The smallest absolute Gasteiger partial charge is 0.225 e. The standard InChI is InChI=1S/C24H39N5OS.HI/c1-2-25-24(27-21-11-14-29(17-21)23(30)20-6-3-4-7-20)26-16-19-9-12-28(13-10-19)18-22-8-5-15-31-22;/h5,8,15,19-21H,2-4,6-7,9-14,16-18H2,1H3,(H2,25,26,27);1H. The number of amides is 1. The van der Waals surface area contributed by atoms with Gasteiger partial charge in [-0.1, -0.05) is 18.9 Å². The Hall–Kier alpha value is -0.870. The summed E-state index contributed by atoms with van der Waals surface area (Å²) in [6.45, 7) is 9.00. The van der Waals surface area contributed by atoms with Crippen LogP contribution < -0.4 is 10.6 Å². The maximum absolute atomic E-state index is 12.7. The van der Waals surface area contributed by atoms with Gasteiger partial charge in [-0.3, -0.25) is 14.7 Å². The van der Waals surface area contributed by atoms with E-state index in [4.69, 9.17) is 4.99 Å². The number of aliphatic imine (C=N–C) groups is 1. The van der Waals surface area contributed by atoms with Crippen LogP contribution in [-0.4, -0.2) is 67.0 Å². The van der Waals surface area contributed by atoms with Crippen molar-refractivity contribution in [3.05, 3.63) is 22.4 Å². The van der Waals surface area contributed by atoms with Gasteiger partial charge in [-0.15, -0.1) is 35.3 Å². The molecule has 0 aromatic carbocycles. The molecule has 4 rings (SSSR count). The molecule has 0 bridgehead atoms. The number of carbonyl (C=O) groups is 1. The summed E-state index contributed by atoms with van der Waals surface area (Å²) in [5, 5.41) is 9.19. The second-order valence-corrected chi connectivity index (χ2v) is 10.4. The normalized spacial score (nSPS) is 23.3. The lowest BCUT2D eigenvalue weighted by Gasteiger charge is -2.31. The molecule has 2 saturated heterocycles. The van der Waals surface area contributed by atoms with E-state index in [2.05, 4.69) is 44.9 Å². The Morgan fingerprint density at radius 3 is 2.62 bits per heavy atom. The summed E-state index contributed by atoms with van der Waals surface area (Å²) in [6.07, 6.45) is 8.08. The third-order valence-corrected chi connectivity index (χ3v) is 7.92. The second kappa shape index (κ2) is 13.1. The molecule has 1 amide bonds. The van der Waals surface area contributed by atoms with E-state index in [1.54, 1.807) is 0 Å². The monoisotopic (exact) mass is 573 g/mol. The van der Waals surface area contributed by atoms with Crippen molar-refractivity contribution in [2.75, 3.05) is 39.3 Å². The van der Waals surface area contributed by atoms with Crippen molar-refractivity contribution in [1.82, 2.24) is 20.4 Å². The van der Waals surface area contributed by atoms with Gasteiger partial charge in [0.25, 0.3) is 0 Å². The van der Waals surface area contributed by atoms with E-state index in [0.717, 1.165) is 57.9 Å². The Balaban J connectivity index is 0.00000289. The number of likely N-dealkylation sites (tertiary alicyclic amines) is 2. The summed E-state index contributed by atoms with van der Waals surface area (Å²) in [5.41, 5.74) is 0. The lowest BCUT2D eigenvalue weighted by Crippen LogP contribution is -2.45. The van der Waals surface area contributed by atoms with E-state index >= 15 is 0 Å². The average Bonchev–Trinajstić information content (AvgIpc) is 3.55. The molecule has 0 radical (unpaired) electrons. The van der Waals surface area contributed by atoms with Crippen LogP contribution in [0.3, 0.4) is 0 Å². The van der Waals surface area contributed by atoms with Crippen LogP contribution in [0.2, 0.25) is 0 Å². The Morgan fingerprint density at radius 1 is 1.16 bits per heavy atom. The van der Waals surface area contributed by atoms with Gasteiger partial charge in [0.1, 0.15) is 0 Å². The SMILES string of the molecule is CCNC(=NCC1CCN(Cc2cccs2)CC1)NC1CCN(C(=O)C2CCCC2)C1.I. The molecule has 1 aromatic heterocycles. The molecular formula is C24H40IN5OS. The molecule has 0 spiro atoms. The first kappa shape index (κ1) is 25.7. The lowest BCUT2D eigenvalue weighted by molar-refractivity contribution is -0.134. The minimum atomic E-state index is 0. The summed E-state index contributed by atoms with van der Waals surface area (Å²) < 4.78 is 0. The Labute approximate surface area is 214 Å². The number of carbonyl (C=O) groups excluding carboxylic acids is 1. The minimum Gasteiger partial charge on any atom is -0.357 e. The van der Waals surface area contributed by atoms with Gasteiger partial charge in [0.05, 0.1) is 0 Å². The molecule has 2 N–H and O–H groups in total. The third-order valence-electron chi connectivity index (χ3n) is 7.06. The zero-order valence-electron chi connectivity index (χ0n) is 19.4. The molecule has 3 aliphatic rings. The highest BCUT2D eigenvalue weighted by Gasteiger charge is 2.32. The highest BCUT2D eigenvalue weighted by atomic mass is 127. The zero-order valence-corrected chi connectivity index (χ0v) is 22.6. The summed E-state index contributed by atoms with van der Waals surface area (Å²) in [6, 6.07) is 4.70. The molecular weight excluding hydrogens is 533 g/mol. The van der Waals surface area contributed by atoms with Crippen molar-refractivity contribution in [1.29, 1.82) is 0 Å². The second-order valence-electron chi connectivity index (χ2n) is 9.41. The molecule has 2 aliphatic heterocycles. The quantitative estimate of drug-likeness (QED) is 0.295. The number of hydrogen-bond donors (Lipinski definition) is 2. The van der Waals surface area contributed by atoms with Crippen LogP contribution in [0.4, 0.5) is 0 Å². The molecule has 1 saturated carbocycles. The predicted octanol–water partition coefficient (Wildman–Crippen LogP) is 3.92. The molecule has 1 unspecified atom stereocenters. The van der Waals surface area contributed by atoms with E-state index in [-0.39, 0.29) is 29.9 Å². The molecule has 32 heavy (non-hydrogen) atoms. The fourth-order valence-electron chi connectivity index (χ4n) is 5.19. The molecule has 1 aliphatic carbocycles. The van der Waals surface area contributed by atoms with Gasteiger partial charge in [0.2, 0.25) is 5.91 Å². The van der Waals surface area contributed by atoms with E-state index in [1.165, 1.54) is 43.6 Å². The number of nitrogens with zero attached hydrogens (tertiary/aromatic N) is 3. The van der Waals surface area contributed by atoms with Crippen molar-refractivity contribution in [3.8, 4) is 0 Å². The highest BCUT2D eigenvalue weighted by molar-refractivity contribution is 14.0. The number of rotatable bonds is 7. The van der Waals surface area contributed by atoms with Gasteiger partial charge in [-0.2, -0.15) is 0 Å². The maximum Gasteiger partial charge on any atom is 0.225 e. The number of piperidine rings is 1. The van der Waals surface area contributed by atoms with E-state index in [0.29, 0.717) is 17.9 Å². The maximum atomic E-state index is 12.7. The van der Waals surface area contributed by atoms with Gasteiger partial charge >= 0.3 is 0 Å². The average molecular weight is 574 g/mol. The van der Waals surface area contributed by atoms with Crippen molar-refractivity contribution >= 4 is 47.2 Å². The summed E-state index contributed by atoms with van der Waals surface area (Å²) in [7, 11) is 0. The van der Waals surface area contributed by atoms with Crippen LogP contribution in [-0.2, 0) is 11.3 Å². The zero-order chi connectivity index (χ0) is 21.5. The fraction of sp³-hybridized carbons (Fsp3) is 0.750. The molecule has 1 atom stereocenters. The number of thiophene rings is 1. The first-order valence-corrected chi connectivity index (χ1v) is 13.2. The van der Waals surface area contributed by atoms with Gasteiger partial charge in [0.15, 0.2) is 5.96 Å². The van der Waals surface area contributed by atoms with Crippen LogP contribution in [0.5, 0.6) is 0 Å². The van der Waals surface area contributed by atoms with Gasteiger partial charge in [-0.25, -0.2) is 0 Å². The lowest BCUT2D eigenvalue weighted by atomic mass is 9.97. The van der Waals surface area contributed by atoms with Crippen LogP contribution in [0.25, 0.3) is 0 Å². The number of nitrogens with one attached hydrogen (secondary N) is 2. The van der Waals surface area contributed by atoms with Crippen molar-refractivity contribution < 1.29 is 4.79 Å². The van der Waals surface area contributed by atoms with Crippen molar-refractivity contribution in [2.24, 2.45) is 16.8 Å². The highest BCUT2D eigenvalue weighted by Crippen LogP contribution is 2.28. The van der Waals surface area contributed by atoms with E-state index < -0.39 is 0 Å². The van der Waals surface area contributed by atoms with E-state index in [9.17, 15) is 4.79 Å².